The van der Waals surface area contributed by atoms with Crippen molar-refractivity contribution in [3.63, 3.8) is 0 Å². The first-order valence-electron chi connectivity index (χ1n) is 6.51. The highest BCUT2D eigenvalue weighted by molar-refractivity contribution is 5.97. The highest BCUT2D eigenvalue weighted by atomic mass is 19.1. The van der Waals surface area contributed by atoms with Crippen molar-refractivity contribution < 1.29 is 13.6 Å². The van der Waals surface area contributed by atoms with Gasteiger partial charge in [-0.3, -0.25) is 4.79 Å². The Morgan fingerprint density at radius 3 is 2.67 bits per heavy atom. The Balaban J connectivity index is 2.23. The van der Waals surface area contributed by atoms with E-state index in [4.69, 9.17) is 5.73 Å². The van der Waals surface area contributed by atoms with Crippen molar-refractivity contribution in [2.24, 2.45) is 0 Å². The minimum absolute atomic E-state index is 0.102. The molecule has 1 unspecified atom stereocenters. The molecule has 5 heteroatoms. The van der Waals surface area contributed by atoms with Crippen molar-refractivity contribution in [1.82, 2.24) is 5.32 Å². The summed E-state index contributed by atoms with van der Waals surface area (Å²) in [4.78, 5) is 12.2. The molecule has 0 aliphatic carbocycles. The highest BCUT2D eigenvalue weighted by Crippen LogP contribution is 2.20. The summed E-state index contributed by atoms with van der Waals surface area (Å²) in [5.41, 5.74) is 7.43. The van der Waals surface area contributed by atoms with Crippen LogP contribution in [-0.4, -0.2) is 5.91 Å². The molecule has 3 nitrogen and oxygen atoms in total. The molecule has 3 N–H and O–H groups in total. The highest BCUT2D eigenvalue weighted by Gasteiger charge is 2.17. The van der Waals surface area contributed by atoms with E-state index in [1.165, 1.54) is 0 Å². The van der Waals surface area contributed by atoms with Gasteiger partial charge in [0, 0.05) is 16.8 Å². The summed E-state index contributed by atoms with van der Waals surface area (Å²) >= 11 is 0. The zero-order valence-corrected chi connectivity index (χ0v) is 11.8. The first kappa shape index (κ1) is 15.0. The SMILES string of the molecule is Cc1c(N)cccc1C(=O)NC(C)c1cc(F)ccc1F. The van der Waals surface area contributed by atoms with Crippen LogP contribution in [0.4, 0.5) is 14.5 Å². The van der Waals surface area contributed by atoms with Crippen LogP contribution in [0.5, 0.6) is 0 Å². The zero-order chi connectivity index (χ0) is 15.6. The van der Waals surface area contributed by atoms with E-state index in [0.717, 1.165) is 18.2 Å². The van der Waals surface area contributed by atoms with Crippen LogP contribution in [0.25, 0.3) is 0 Å². The molecule has 1 atom stereocenters. The minimum Gasteiger partial charge on any atom is -0.398 e. The Morgan fingerprint density at radius 1 is 1.24 bits per heavy atom. The van der Waals surface area contributed by atoms with Crippen molar-refractivity contribution in [3.05, 3.63) is 64.7 Å². The molecule has 0 saturated heterocycles. The van der Waals surface area contributed by atoms with Gasteiger partial charge in [0.05, 0.1) is 6.04 Å². The molecule has 2 rings (SSSR count). The minimum atomic E-state index is -0.658. The van der Waals surface area contributed by atoms with Crippen molar-refractivity contribution in [2.45, 2.75) is 19.9 Å². The average Bonchev–Trinajstić information content (AvgIpc) is 2.44. The fraction of sp³-hybridized carbons (Fsp3) is 0.188. The van der Waals surface area contributed by atoms with Crippen LogP contribution in [0.3, 0.4) is 0 Å². The summed E-state index contributed by atoms with van der Waals surface area (Å²) in [6.07, 6.45) is 0. The van der Waals surface area contributed by atoms with E-state index < -0.39 is 17.7 Å². The van der Waals surface area contributed by atoms with E-state index >= 15 is 0 Å². The fourth-order valence-electron chi connectivity index (χ4n) is 2.10. The molecule has 2 aromatic rings. The van der Waals surface area contributed by atoms with E-state index in [1.54, 1.807) is 32.0 Å². The lowest BCUT2D eigenvalue weighted by Crippen LogP contribution is -2.28. The molecule has 0 heterocycles. The van der Waals surface area contributed by atoms with Crippen LogP contribution < -0.4 is 11.1 Å². The first-order chi connectivity index (χ1) is 9.90. The molecule has 21 heavy (non-hydrogen) atoms. The predicted molar refractivity (Wildman–Crippen MR) is 77.8 cm³/mol. The van der Waals surface area contributed by atoms with Crippen molar-refractivity contribution in [3.8, 4) is 0 Å². The van der Waals surface area contributed by atoms with Gasteiger partial charge in [0.1, 0.15) is 11.6 Å². The molecule has 0 spiro atoms. The number of rotatable bonds is 3. The molecule has 0 radical (unpaired) electrons. The van der Waals surface area contributed by atoms with Crippen LogP contribution >= 0.6 is 0 Å². The van der Waals surface area contributed by atoms with E-state index in [2.05, 4.69) is 5.32 Å². The number of amides is 1. The van der Waals surface area contributed by atoms with E-state index in [-0.39, 0.29) is 11.5 Å². The Bertz CT molecular complexity index is 686. The van der Waals surface area contributed by atoms with Crippen LogP contribution in [-0.2, 0) is 0 Å². The van der Waals surface area contributed by atoms with Gasteiger partial charge in [-0.2, -0.15) is 0 Å². The molecule has 2 aromatic carbocycles. The van der Waals surface area contributed by atoms with Crippen LogP contribution in [0.1, 0.15) is 34.5 Å². The number of halogens is 2. The first-order valence-corrected chi connectivity index (χ1v) is 6.51. The van der Waals surface area contributed by atoms with Gasteiger partial charge in [0.15, 0.2) is 0 Å². The Morgan fingerprint density at radius 2 is 1.95 bits per heavy atom. The van der Waals surface area contributed by atoms with E-state index in [1.807, 2.05) is 0 Å². The summed E-state index contributed by atoms with van der Waals surface area (Å²) in [6, 6.07) is 7.50. The van der Waals surface area contributed by atoms with Gasteiger partial charge in [-0.25, -0.2) is 8.78 Å². The van der Waals surface area contributed by atoms with Crippen molar-refractivity contribution in [2.75, 3.05) is 5.73 Å². The quantitative estimate of drug-likeness (QED) is 0.852. The molecule has 0 aliphatic heterocycles. The fourth-order valence-corrected chi connectivity index (χ4v) is 2.10. The lowest BCUT2D eigenvalue weighted by molar-refractivity contribution is 0.0938. The third-order valence-electron chi connectivity index (χ3n) is 3.39. The largest absolute Gasteiger partial charge is 0.398 e. The van der Waals surface area contributed by atoms with Gasteiger partial charge in [0.25, 0.3) is 5.91 Å². The number of nitrogen functional groups attached to an aromatic ring is 1. The molecule has 0 saturated carbocycles. The smallest absolute Gasteiger partial charge is 0.252 e. The number of hydrogen-bond donors (Lipinski definition) is 2. The van der Waals surface area contributed by atoms with E-state index in [9.17, 15) is 13.6 Å². The standard InChI is InChI=1S/C16H16F2N2O/c1-9-12(4-3-5-15(9)19)16(21)20-10(2)13-8-11(17)6-7-14(13)18/h3-8,10H,19H2,1-2H3,(H,20,21). The average molecular weight is 290 g/mol. The zero-order valence-electron chi connectivity index (χ0n) is 11.8. The summed E-state index contributed by atoms with van der Waals surface area (Å²) in [5.74, 6) is -1.49. The van der Waals surface area contributed by atoms with Crippen LogP contribution in [0.15, 0.2) is 36.4 Å². The number of carbonyl (C=O) groups excluding carboxylic acids is 1. The van der Waals surface area contributed by atoms with Crippen molar-refractivity contribution >= 4 is 11.6 Å². The van der Waals surface area contributed by atoms with Gasteiger partial charge in [-0.05, 0) is 49.7 Å². The molecule has 110 valence electrons. The van der Waals surface area contributed by atoms with Gasteiger partial charge < -0.3 is 11.1 Å². The van der Waals surface area contributed by atoms with Gasteiger partial charge in [-0.1, -0.05) is 6.07 Å². The predicted octanol–water partition coefficient (Wildman–Crippen LogP) is 3.35. The maximum Gasteiger partial charge on any atom is 0.252 e. The second kappa shape index (κ2) is 5.91. The number of nitrogens with one attached hydrogen (secondary N) is 1. The molecular weight excluding hydrogens is 274 g/mol. The number of benzene rings is 2. The molecule has 0 fully saturated rings. The summed E-state index contributed by atoms with van der Waals surface area (Å²) < 4.78 is 26.9. The maximum atomic E-state index is 13.7. The van der Waals surface area contributed by atoms with Crippen molar-refractivity contribution in [1.29, 1.82) is 0 Å². The van der Waals surface area contributed by atoms with Gasteiger partial charge in [0.2, 0.25) is 0 Å². The topological polar surface area (TPSA) is 55.1 Å². The normalized spacial score (nSPS) is 12.0. The monoisotopic (exact) mass is 290 g/mol. The Kier molecular flexibility index (Phi) is 4.21. The van der Waals surface area contributed by atoms with E-state index in [0.29, 0.717) is 16.8 Å². The third-order valence-corrected chi connectivity index (χ3v) is 3.39. The second-order valence-electron chi connectivity index (χ2n) is 4.88. The third kappa shape index (κ3) is 3.18. The Hall–Kier alpha value is -2.43. The summed E-state index contributed by atoms with van der Waals surface area (Å²) in [6.45, 7) is 3.33. The van der Waals surface area contributed by atoms with Gasteiger partial charge in [-0.15, -0.1) is 0 Å². The second-order valence-corrected chi connectivity index (χ2v) is 4.88. The molecule has 1 amide bonds. The van der Waals surface area contributed by atoms with Crippen LogP contribution in [0, 0.1) is 18.6 Å². The molecule has 0 bridgehead atoms. The Labute approximate surface area is 121 Å². The molecule has 0 aliphatic rings. The van der Waals surface area contributed by atoms with Gasteiger partial charge >= 0.3 is 0 Å². The molecule has 0 aromatic heterocycles. The number of nitrogens with two attached hydrogens (primary N) is 1. The summed E-state index contributed by atoms with van der Waals surface area (Å²) in [5, 5.41) is 2.65. The maximum absolute atomic E-state index is 13.7. The summed E-state index contributed by atoms with van der Waals surface area (Å²) in [7, 11) is 0. The van der Waals surface area contributed by atoms with Crippen LogP contribution in [0.2, 0.25) is 0 Å². The number of anilines is 1. The number of hydrogen-bond acceptors (Lipinski definition) is 2. The lowest BCUT2D eigenvalue weighted by Gasteiger charge is -2.16. The lowest BCUT2D eigenvalue weighted by atomic mass is 10.0. The molecular formula is C16H16F2N2O. The number of carbonyl (C=O) groups is 1.